The van der Waals surface area contributed by atoms with E-state index in [2.05, 4.69) is 5.32 Å². The summed E-state index contributed by atoms with van der Waals surface area (Å²) in [5, 5.41) is 2.94. The third-order valence-corrected chi connectivity index (χ3v) is 3.11. The normalized spacial score (nSPS) is 16.2. The molecule has 0 amide bonds. The summed E-state index contributed by atoms with van der Waals surface area (Å²) in [5.41, 5.74) is 0.956. The van der Waals surface area contributed by atoms with Gasteiger partial charge in [0.25, 0.3) is 0 Å². The standard InChI is InChI=1S/C12H17F2NO2S/c1-9(15-7-12(14)8-18(16)17)6-10-2-4-11(13)5-3-10/h2-5,9,12,15H,6-8H2,1H3,(H,16,17). The SMILES string of the molecule is CC(Cc1ccc(F)cc1)NCC(F)CS(=O)O. The number of nitrogens with one attached hydrogen (secondary N) is 1. The van der Waals surface area contributed by atoms with E-state index in [9.17, 15) is 13.0 Å². The molecule has 0 radical (unpaired) electrons. The van der Waals surface area contributed by atoms with Gasteiger partial charge in [0, 0.05) is 12.6 Å². The van der Waals surface area contributed by atoms with Crippen LogP contribution < -0.4 is 5.32 Å². The fourth-order valence-corrected chi connectivity index (χ4v) is 2.02. The molecule has 0 spiro atoms. The van der Waals surface area contributed by atoms with Gasteiger partial charge in [-0.15, -0.1) is 0 Å². The van der Waals surface area contributed by atoms with Gasteiger partial charge in [-0.3, -0.25) is 0 Å². The molecule has 0 bridgehead atoms. The average Bonchev–Trinajstić information content (AvgIpc) is 2.29. The Morgan fingerprint density at radius 2 is 2.00 bits per heavy atom. The van der Waals surface area contributed by atoms with Gasteiger partial charge in [0.1, 0.15) is 12.0 Å². The third kappa shape index (κ3) is 6.18. The molecule has 3 atom stereocenters. The summed E-state index contributed by atoms with van der Waals surface area (Å²) in [6.45, 7) is 1.92. The van der Waals surface area contributed by atoms with E-state index in [1.54, 1.807) is 12.1 Å². The molecule has 3 nitrogen and oxygen atoms in total. The Hall–Kier alpha value is -0.850. The maximum Gasteiger partial charge on any atom is 0.155 e. The summed E-state index contributed by atoms with van der Waals surface area (Å²) in [7, 11) is 0. The summed E-state index contributed by atoms with van der Waals surface area (Å²) in [6, 6.07) is 6.15. The first-order valence-electron chi connectivity index (χ1n) is 5.66. The molecule has 18 heavy (non-hydrogen) atoms. The first-order chi connectivity index (χ1) is 8.47. The molecule has 0 aliphatic carbocycles. The number of benzene rings is 1. The quantitative estimate of drug-likeness (QED) is 0.748. The van der Waals surface area contributed by atoms with Crippen LogP contribution in [0, 0.1) is 5.82 Å². The van der Waals surface area contributed by atoms with E-state index in [0.29, 0.717) is 6.42 Å². The summed E-state index contributed by atoms with van der Waals surface area (Å²) in [5.74, 6) is -0.662. The molecule has 0 heterocycles. The zero-order chi connectivity index (χ0) is 13.5. The number of alkyl halides is 1. The Morgan fingerprint density at radius 1 is 1.39 bits per heavy atom. The van der Waals surface area contributed by atoms with E-state index in [0.717, 1.165) is 5.56 Å². The van der Waals surface area contributed by atoms with Crippen molar-refractivity contribution in [3.63, 3.8) is 0 Å². The second-order valence-electron chi connectivity index (χ2n) is 4.23. The highest BCUT2D eigenvalue weighted by molar-refractivity contribution is 7.79. The van der Waals surface area contributed by atoms with Crippen LogP contribution in [0.3, 0.4) is 0 Å². The first kappa shape index (κ1) is 15.2. The van der Waals surface area contributed by atoms with E-state index < -0.39 is 17.3 Å². The van der Waals surface area contributed by atoms with Crippen LogP contribution in [-0.2, 0) is 17.5 Å². The first-order valence-corrected chi connectivity index (χ1v) is 6.94. The minimum atomic E-state index is -2.11. The molecule has 1 aromatic carbocycles. The molecule has 0 fully saturated rings. The lowest BCUT2D eigenvalue weighted by atomic mass is 10.1. The lowest BCUT2D eigenvalue weighted by molar-refractivity contribution is 0.331. The molecular weight excluding hydrogens is 260 g/mol. The van der Waals surface area contributed by atoms with Crippen LogP contribution in [0.4, 0.5) is 8.78 Å². The molecule has 2 N–H and O–H groups in total. The Kier molecular flexibility index (Phi) is 6.38. The average molecular weight is 277 g/mol. The number of hydrogen-bond donors (Lipinski definition) is 2. The van der Waals surface area contributed by atoms with Crippen molar-refractivity contribution in [2.24, 2.45) is 0 Å². The van der Waals surface area contributed by atoms with Crippen molar-refractivity contribution in [1.82, 2.24) is 5.32 Å². The third-order valence-electron chi connectivity index (χ3n) is 2.47. The van der Waals surface area contributed by atoms with Crippen LogP contribution in [0.25, 0.3) is 0 Å². The van der Waals surface area contributed by atoms with Crippen LogP contribution in [0.1, 0.15) is 12.5 Å². The number of halogens is 2. The van der Waals surface area contributed by atoms with Crippen LogP contribution in [0.2, 0.25) is 0 Å². The van der Waals surface area contributed by atoms with Crippen molar-refractivity contribution >= 4 is 11.1 Å². The van der Waals surface area contributed by atoms with Gasteiger partial charge in [-0.25, -0.2) is 13.0 Å². The van der Waals surface area contributed by atoms with Crippen molar-refractivity contribution in [1.29, 1.82) is 0 Å². The maximum absolute atomic E-state index is 13.1. The summed E-state index contributed by atoms with van der Waals surface area (Å²) in [4.78, 5) is 0. The van der Waals surface area contributed by atoms with Crippen molar-refractivity contribution < 1.29 is 17.5 Å². The zero-order valence-electron chi connectivity index (χ0n) is 10.1. The van der Waals surface area contributed by atoms with Crippen LogP contribution >= 0.6 is 0 Å². The topological polar surface area (TPSA) is 49.3 Å². The van der Waals surface area contributed by atoms with E-state index >= 15 is 0 Å². The second kappa shape index (κ2) is 7.56. The Balaban J connectivity index is 2.31. The highest BCUT2D eigenvalue weighted by atomic mass is 32.2. The number of rotatable bonds is 7. The number of hydrogen-bond acceptors (Lipinski definition) is 2. The molecule has 0 aromatic heterocycles. The smallest absolute Gasteiger partial charge is 0.155 e. The van der Waals surface area contributed by atoms with Crippen molar-refractivity contribution in [2.75, 3.05) is 12.3 Å². The molecule has 0 aliphatic heterocycles. The molecule has 6 heteroatoms. The van der Waals surface area contributed by atoms with Crippen LogP contribution in [0.15, 0.2) is 24.3 Å². The molecule has 0 aliphatic rings. The van der Waals surface area contributed by atoms with Gasteiger partial charge in [-0.05, 0) is 31.0 Å². The van der Waals surface area contributed by atoms with Gasteiger partial charge >= 0.3 is 0 Å². The molecule has 102 valence electrons. The minimum absolute atomic E-state index is 0.0147. The maximum atomic E-state index is 13.1. The van der Waals surface area contributed by atoms with Crippen molar-refractivity contribution in [3.8, 4) is 0 Å². The molecule has 0 saturated heterocycles. The Labute approximate surface area is 108 Å². The van der Waals surface area contributed by atoms with Crippen LogP contribution in [-0.4, -0.2) is 33.3 Å². The molecule has 1 aromatic rings. The monoisotopic (exact) mass is 277 g/mol. The van der Waals surface area contributed by atoms with Gasteiger partial charge in [0.05, 0.1) is 5.75 Å². The predicted octanol–water partition coefficient (Wildman–Crippen LogP) is 1.91. The minimum Gasteiger partial charge on any atom is -0.311 e. The van der Waals surface area contributed by atoms with E-state index in [-0.39, 0.29) is 24.2 Å². The van der Waals surface area contributed by atoms with Gasteiger partial charge in [0.15, 0.2) is 11.1 Å². The predicted molar refractivity (Wildman–Crippen MR) is 68.1 cm³/mol. The molecule has 1 rings (SSSR count). The highest BCUT2D eigenvalue weighted by Crippen LogP contribution is 2.06. The lowest BCUT2D eigenvalue weighted by Gasteiger charge is -2.15. The fourth-order valence-electron chi connectivity index (χ4n) is 1.59. The van der Waals surface area contributed by atoms with Crippen molar-refractivity contribution in [2.45, 2.75) is 25.6 Å². The van der Waals surface area contributed by atoms with Gasteiger partial charge in [-0.1, -0.05) is 12.1 Å². The Bertz CT molecular complexity index is 386. The van der Waals surface area contributed by atoms with Gasteiger partial charge < -0.3 is 9.87 Å². The molecule has 0 saturated carbocycles. The summed E-state index contributed by atoms with van der Waals surface area (Å²) in [6.07, 6.45) is -0.693. The summed E-state index contributed by atoms with van der Waals surface area (Å²) >= 11 is -2.11. The van der Waals surface area contributed by atoms with E-state index in [1.807, 2.05) is 6.92 Å². The van der Waals surface area contributed by atoms with E-state index in [1.165, 1.54) is 12.1 Å². The van der Waals surface area contributed by atoms with Gasteiger partial charge in [-0.2, -0.15) is 0 Å². The molecular formula is C12H17F2NO2S. The van der Waals surface area contributed by atoms with Crippen molar-refractivity contribution in [3.05, 3.63) is 35.6 Å². The van der Waals surface area contributed by atoms with E-state index in [4.69, 9.17) is 4.55 Å². The highest BCUT2D eigenvalue weighted by Gasteiger charge is 2.11. The zero-order valence-corrected chi connectivity index (χ0v) is 10.9. The van der Waals surface area contributed by atoms with Gasteiger partial charge in [0.2, 0.25) is 0 Å². The summed E-state index contributed by atoms with van der Waals surface area (Å²) < 4.78 is 44.7. The Morgan fingerprint density at radius 3 is 2.56 bits per heavy atom. The molecule has 3 unspecified atom stereocenters. The largest absolute Gasteiger partial charge is 0.311 e. The van der Waals surface area contributed by atoms with Crippen LogP contribution in [0.5, 0.6) is 0 Å². The second-order valence-corrected chi connectivity index (χ2v) is 5.20. The fraction of sp³-hybridized carbons (Fsp3) is 0.500. The lowest BCUT2D eigenvalue weighted by Crippen LogP contribution is -2.35.